The molecule has 0 bridgehead atoms. The van der Waals surface area contributed by atoms with Crippen molar-refractivity contribution in [1.29, 1.82) is 0 Å². The Morgan fingerprint density at radius 1 is 1.34 bits per heavy atom. The molecule has 1 N–H and O–H groups in total. The van der Waals surface area contributed by atoms with Crippen molar-refractivity contribution in [3.63, 3.8) is 0 Å². The van der Waals surface area contributed by atoms with Gasteiger partial charge in [0.1, 0.15) is 23.0 Å². The van der Waals surface area contributed by atoms with Crippen LogP contribution in [-0.2, 0) is 4.74 Å². The maximum Gasteiger partial charge on any atom is 0.410 e. The fraction of sp³-hybridized carbons (Fsp3) is 0.500. The summed E-state index contributed by atoms with van der Waals surface area (Å²) in [7, 11) is 0. The number of rotatable bonds is 4. The molecule has 0 aliphatic carbocycles. The molecule has 9 heteroatoms. The van der Waals surface area contributed by atoms with Gasteiger partial charge >= 0.3 is 6.09 Å². The van der Waals surface area contributed by atoms with Crippen LogP contribution in [0, 0.1) is 0 Å². The summed E-state index contributed by atoms with van der Waals surface area (Å²) in [6.45, 7) is 6.86. The minimum atomic E-state index is -0.494. The van der Waals surface area contributed by atoms with E-state index in [1.54, 1.807) is 17.3 Å². The van der Waals surface area contributed by atoms with E-state index in [-0.39, 0.29) is 18.2 Å². The molecule has 1 unspecified atom stereocenters. The number of fused-ring (bicyclic) bond motifs is 1. The Kier molecular flexibility index (Phi) is 5.23. The van der Waals surface area contributed by atoms with Crippen molar-refractivity contribution in [2.45, 2.75) is 51.3 Å². The topological polar surface area (TPSA) is 107 Å². The average Bonchev–Trinajstić information content (AvgIpc) is 3.35. The maximum absolute atomic E-state index is 12.3. The lowest BCUT2D eigenvalue weighted by Crippen LogP contribution is -2.47. The van der Waals surface area contributed by atoms with Crippen LogP contribution in [0.15, 0.2) is 39.9 Å². The lowest BCUT2D eigenvalue weighted by Gasteiger charge is -2.34. The molecule has 1 amide bonds. The van der Waals surface area contributed by atoms with Crippen molar-refractivity contribution in [3.05, 3.63) is 42.5 Å². The molecule has 3 aromatic heterocycles. The van der Waals surface area contributed by atoms with Gasteiger partial charge in [0.25, 0.3) is 0 Å². The highest BCUT2D eigenvalue weighted by Gasteiger charge is 2.30. The van der Waals surface area contributed by atoms with Gasteiger partial charge in [-0.1, -0.05) is 5.16 Å². The van der Waals surface area contributed by atoms with Crippen LogP contribution in [0.3, 0.4) is 0 Å². The monoisotopic (exact) mass is 399 g/mol. The lowest BCUT2D eigenvalue weighted by atomic mass is 10.0. The first-order chi connectivity index (χ1) is 13.9. The molecular weight excluding hydrogens is 374 g/mol. The Bertz CT molecular complexity index is 922. The van der Waals surface area contributed by atoms with Gasteiger partial charge in [0, 0.05) is 36.9 Å². The fourth-order valence-electron chi connectivity index (χ4n) is 3.43. The van der Waals surface area contributed by atoms with Crippen LogP contribution < -0.4 is 5.32 Å². The van der Waals surface area contributed by atoms with E-state index in [1.165, 1.54) is 6.39 Å². The van der Waals surface area contributed by atoms with Crippen LogP contribution in [0.2, 0.25) is 0 Å². The van der Waals surface area contributed by atoms with Crippen molar-refractivity contribution >= 4 is 17.1 Å². The highest BCUT2D eigenvalue weighted by Crippen LogP contribution is 2.28. The van der Waals surface area contributed by atoms with E-state index in [2.05, 4.69) is 20.4 Å². The average molecular weight is 399 g/mol. The highest BCUT2D eigenvalue weighted by atomic mass is 16.6. The smallest absolute Gasteiger partial charge is 0.410 e. The molecule has 3 aromatic rings. The first-order valence-corrected chi connectivity index (χ1v) is 9.73. The lowest BCUT2D eigenvalue weighted by molar-refractivity contribution is 0.0196. The van der Waals surface area contributed by atoms with Gasteiger partial charge < -0.3 is 18.6 Å². The molecule has 154 valence electrons. The highest BCUT2D eigenvalue weighted by molar-refractivity contribution is 5.76. The largest absolute Gasteiger partial charge is 0.459 e. The summed E-state index contributed by atoms with van der Waals surface area (Å²) in [6, 6.07) is 3.58. The summed E-state index contributed by atoms with van der Waals surface area (Å²) in [5, 5.41) is 8.48. The summed E-state index contributed by atoms with van der Waals surface area (Å²) in [6.07, 6.45) is 6.06. The SMILES string of the molecule is CC(C)(C)OC(=O)N1CCC(NC(c2ncon2)c2cc3cnccc3o2)CC1. The number of carbonyl (C=O) groups is 1. The Morgan fingerprint density at radius 3 is 2.79 bits per heavy atom. The molecule has 0 radical (unpaired) electrons. The molecule has 1 saturated heterocycles. The number of ether oxygens (including phenoxy) is 1. The van der Waals surface area contributed by atoms with Crippen molar-refractivity contribution in [1.82, 2.24) is 25.3 Å². The Balaban J connectivity index is 1.45. The number of nitrogens with zero attached hydrogens (tertiary/aromatic N) is 4. The first-order valence-electron chi connectivity index (χ1n) is 9.73. The van der Waals surface area contributed by atoms with E-state index in [1.807, 2.05) is 32.9 Å². The molecular formula is C20H25N5O4. The van der Waals surface area contributed by atoms with Gasteiger partial charge in [-0.05, 0) is 45.7 Å². The Morgan fingerprint density at radius 2 is 2.14 bits per heavy atom. The van der Waals surface area contributed by atoms with Gasteiger partial charge in [0.15, 0.2) is 5.82 Å². The number of carbonyl (C=O) groups excluding carboxylic acids is 1. The third kappa shape index (κ3) is 4.56. The van der Waals surface area contributed by atoms with Crippen LogP contribution in [0.4, 0.5) is 4.79 Å². The Labute approximate surface area is 168 Å². The standard InChI is InChI=1S/C20H25N5O4/c1-20(2,3)29-19(26)25-8-5-14(6-9-25)23-17(18-22-12-27-24-18)16-10-13-11-21-7-4-15(13)28-16/h4,7,10-12,14,17,23H,5-6,8-9H2,1-3H3. The first kappa shape index (κ1) is 19.4. The predicted molar refractivity (Wildman–Crippen MR) is 104 cm³/mol. The molecule has 9 nitrogen and oxygen atoms in total. The predicted octanol–water partition coefficient (Wildman–Crippen LogP) is 3.29. The van der Waals surface area contributed by atoms with Crippen LogP contribution in [0.25, 0.3) is 11.0 Å². The van der Waals surface area contributed by atoms with Crippen molar-refractivity contribution in [3.8, 4) is 0 Å². The molecule has 1 fully saturated rings. The Hall–Kier alpha value is -2.94. The molecule has 0 spiro atoms. The van der Waals surface area contributed by atoms with Gasteiger partial charge in [-0.3, -0.25) is 10.3 Å². The van der Waals surface area contributed by atoms with Gasteiger partial charge in [-0.25, -0.2) is 4.79 Å². The number of pyridine rings is 1. The fourth-order valence-corrected chi connectivity index (χ4v) is 3.43. The zero-order valence-corrected chi connectivity index (χ0v) is 16.8. The number of likely N-dealkylation sites (tertiary alicyclic amines) is 1. The minimum absolute atomic E-state index is 0.170. The zero-order valence-electron chi connectivity index (χ0n) is 16.8. The summed E-state index contributed by atoms with van der Waals surface area (Å²) >= 11 is 0. The second-order valence-corrected chi connectivity index (χ2v) is 8.19. The molecule has 0 aromatic carbocycles. The summed E-state index contributed by atoms with van der Waals surface area (Å²) < 4.78 is 16.4. The van der Waals surface area contributed by atoms with E-state index in [4.69, 9.17) is 13.7 Å². The minimum Gasteiger partial charge on any atom is -0.459 e. The normalized spacial score (nSPS) is 16.9. The van der Waals surface area contributed by atoms with Crippen LogP contribution >= 0.6 is 0 Å². The molecule has 1 atom stereocenters. The number of aromatic nitrogens is 3. The molecule has 1 aliphatic rings. The van der Waals surface area contributed by atoms with Crippen molar-refractivity contribution in [2.75, 3.05) is 13.1 Å². The van der Waals surface area contributed by atoms with Gasteiger partial charge in [0.2, 0.25) is 6.39 Å². The maximum atomic E-state index is 12.3. The quantitative estimate of drug-likeness (QED) is 0.712. The van der Waals surface area contributed by atoms with E-state index < -0.39 is 5.60 Å². The molecule has 0 saturated carbocycles. The second-order valence-electron chi connectivity index (χ2n) is 8.19. The molecule has 1 aliphatic heterocycles. The number of furan rings is 1. The number of hydrogen-bond donors (Lipinski definition) is 1. The summed E-state index contributed by atoms with van der Waals surface area (Å²) in [5.41, 5.74) is 0.261. The van der Waals surface area contributed by atoms with Crippen LogP contribution in [0.1, 0.15) is 51.2 Å². The number of amides is 1. The van der Waals surface area contributed by atoms with Crippen molar-refractivity contribution < 1.29 is 18.5 Å². The van der Waals surface area contributed by atoms with Gasteiger partial charge in [-0.2, -0.15) is 4.98 Å². The van der Waals surface area contributed by atoms with Gasteiger partial charge in [-0.15, -0.1) is 0 Å². The third-order valence-corrected chi connectivity index (χ3v) is 4.81. The third-order valence-electron chi connectivity index (χ3n) is 4.81. The van der Waals surface area contributed by atoms with Crippen LogP contribution in [0.5, 0.6) is 0 Å². The molecule has 4 heterocycles. The number of hydrogen-bond acceptors (Lipinski definition) is 8. The van der Waals surface area contributed by atoms with Crippen LogP contribution in [-0.4, -0.2) is 50.9 Å². The van der Waals surface area contributed by atoms with Gasteiger partial charge in [0.05, 0.1) is 0 Å². The van der Waals surface area contributed by atoms with E-state index in [0.29, 0.717) is 24.7 Å². The van der Waals surface area contributed by atoms with E-state index in [9.17, 15) is 4.79 Å². The summed E-state index contributed by atoms with van der Waals surface area (Å²) in [4.78, 5) is 22.4. The van der Waals surface area contributed by atoms with Crippen molar-refractivity contribution in [2.24, 2.45) is 0 Å². The van der Waals surface area contributed by atoms with E-state index in [0.717, 1.165) is 23.8 Å². The second kappa shape index (κ2) is 7.82. The molecule has 4 rings (SSSR count). The zero-order chi connectivity index (χ0) is 20.4. The number of piperidine rings is 1. The number of nitrogens with one attached hydrogen (secondary N) is 1. The van der Waals surface area contributed by atoms with E-state index >= 15 is 0 Å². The molecule has 29 heavy (non-hydrogen) atoms. The summed E-state index contributed by atoms with van der Waals surface area (Å²) in [5.74, 6) is 1.20.